The van der Waals surface area contributed by atoms with Crippen LogP contribution in [-0.2, 0) is 7.05 Å². The molecule has 2 unspecified atom stereocenters. The van der Waals surface area contributed by atoms with Gasteiger partial charge in [0.15, 0.2) is 0 Å². The van der Waals surface area contributed by atoms with E-state index in [1.807, 2.05) is 30.2 Å². The summed E-state index contributed by atoms with van der Waals surface area (Å²) < 4.78 is 3.60. The van der Waals surface area contributed by atoms with Gasteiger partial charge in [-0.2, -0.15) is 10.2 Å². The third-order valence-corrected chi connectivity index (χ3v) is 7.24. The van der Waals surface area contributed by atoms with Crippen LogP contribution in [0.3, 0.4) is 0 Å². The first kappa shape index (κ1) is 20.1. The number of aromatic nitrogens is 4. The summed E-state index contributed by atoms with van der Waals surface area (Å²) >= 11 is 0. The summed E-state index contributed by atoms with van der Waals surface area (Å²) in [7, 11) is 1.90. The van der Waals surface area contributed by atoms with E-state index in [-0.39, 0.29) is 0 Å². The molecule has 4 atom stereocenters. The number of carbonyl (C=O) groups is 1. The highest BCUT2D eigenvalue weighted by atomic mass is 16.1. The number of amides is 1. The first-order valence-corrected chi connectivity index (χ1v) is 11.2. The van der Waals surface area contributed by atoms with Crippen LogP contribution in [-0.4, -0.2) is 55.9 Å². The SMILES string of the molecule is CCCN1CC2C[C@@H](Nc3c(C(N)=O)cnn4cc(-c5cnn(C)c5)cc34)[C@H](C)C2C1. The number of hydrogen-bond donors (Lipinski definition) is 2. The molecule has 1 aliphatic heterocycles. The van der Waals surface area contributed by atoms with E-state index in [1.165, 1.54) is 26.1 Å². The summed E-state index contributed by atoms with van der Waals surface area (Å²) in [4.78, 5) is 14.8. The molecular formula is C23H31N7O. The van der Waals surface area contributed by atoms with Crippen LogP contribution in [0, 0.1) is 17.8 Å². The molecule has 8 heteroatoms. The van der Waals surface area contributed by atoms with Crippen LogP contribution in [0.5, 0.6) is 0 Å². The summed E-state index contributed by atoms with van der Waals surface area (Å²) in [5.41, 5.74) is 9.86. The fourth-order valence-electron chi connectivity index (χ4n) is 5.67. The summed E-state index contributed by atoms with van der Waals surface area (Å²) in [6.07, 6.45) is 9.68. The second kappa shape index (κ2) is 7.67. The van der Waals surface area contributed by atoms with E-state index in [1.54, 1.807) is 10.9 Å². The third kappa shape index (κ3) is 3.48. The van der Waals surface area contributed by atoms with Gasteiger partial charge in [-0.15, -0.1) is 0 Å². The number of aryl methyl sites for hydroxylation is 1. The van der Waals surface area contributed by atoms with E-state index in [0.717, 1.165) is 28.8 Å². The van der Waals surface area contributed by atoms with E-state index in [4.69, 9.17) is 5.73 Å². The van der Waals surface area contributed by atoms with Crippen molar-refractivity contribution in [1.29, 1.82) is 0 Å². The highest BCUT2D eigenvalue weighted by molar-refractivity contribution is 6.02. The van der Waals surface area contributed by atoms with Crippen molar-refractivity contribution in [2.24, 2.45) is 30.5 Å². The Morgan fingerprint density at radius 3 is 2.74 bits per heavy atom. The Morgan fingerprint density at radius 1 is 1.23 bits per heavy atom. The molecule has 1 saturated heterocycles. The topological polar surface area (TPSA) is 93.5 Å². The molecular weight excluding hydrogens is 390 g/mol. The highest BCUT2D eigenvalue weighted by Crippen LogP contribution is 2.44. The fraction of sp³-hybridized carbons (Fsp3) is 0.522. The van der Waals surface area contributed by atoms with Crippen molar-refractivity contribution in [2.75, 3.05) is 25.0 Å². The molecule has 0 bridgehead atoms. The lowest BCUT2D eigenvalue weighted by Gasteiger charge is -2.25. The molecule has 0 aromatic carbocycles. The lowest BCUT2D eigenvalue weighted by Crippen LogP contribution is -2.31. The zero-order valence-electron chi connectivity index (χ0n) is 18.5. The van der Waals surface area contributed by atoms with Crippen LogP contribution < -0.4 is 11.1 Å². The van der Waals surface area contributed by atoms with Gasteiger partial charge in [-0.05, 0) is 43.2 Å². The van der Waals surface area contributed by atoms with Crippen molar-refractivity contribution in [3.05, 3.63) is 36.4 Å². The molecule has 4 heterocycles. The monoisotopic (exact) mass is 421 g/mol. The van der Waals surface area contributed by atoms with Crippen molar-refractivity contribution < 1.29 is 4.79 Å². The molecule has 1 saturated carbocycles. The van der Waals surface area contributed by atoms with Gasteiger partial charge in [0.25, 0.3) is 5.91 Å². The predicted octanol–water partition coefficient (Wildman–Crippen LogP) is 2.61. The van der Waals surface area contributed by atoms with Crippen LogP contribution in [0.25, 0.3) is 16.6 Å². The Labute approximate surface area is 182 Å². The number of primary amides is 1. The van der Waals surface area contributed by atoms with Gasteiger partial charge in [-0.1, -0.05) is 13.8 Å². The minimum absolute atomic E-state index is 0.319. The van der Waals surface area contributed by atoms with Gasteiger partial charge in [-0.3, -0.25) is 9.48 Å². The number of rotatable bonds is 6. The van der Waals surface area contributed by atoms with Crippen LogP contribution in [0.4, 0.5) is 5.69 Å². The molecule has 1 aliphatic carbocycles. The molecule has 1 amide bonds. The van der Waals surface area contributed by atoms with E-state index < -0.39 is 5.91 Å². The first-order chi connectivity index (χ1) is 14.9. The second-order valence-electron chi connectivity index (χ2n) is 9.29. The van der Waals surface area contributed by atoms with Crippen molar-refractivity contribution in [1.82, 2.24) is 24.3 Å². The smallest absolute Gasteiger partial charge is 0.252 e. The average Bonchev–Trinajstić information content (AvgIpc) is 3.48. The number of likely N-dealkylation sites (tertiary alicyclic amines) is 1. The number of hydrogen-bond acceptors (Lipinski definition) is 5. The lowest BCUT2D eigenvalue weighted by atomic mass is 9.93. The molecule has 8 nitrogen and oxygen atoms in total. The molecule has 3 N–H and O–H groups in total. The summed E-state index contributed by atoms with van der Waals surface area (Å²) in [5.74, 6) is 1.50. The largest absolute Gasteiger partial charge is 0.380 e. The Kier molecular flexibility index (Phi) is 4.97. The van der Waals surface area contributed by atoms with Crippen molar-refractivity contribution in [3.63, 3.8) is 0 Å². The zero-order valence-corrected chi connectivity index (χ0v) is 18.5. The van der Waals surface area contributed by atoms with Gasteiger partial charge >= 0.3 is 0 Å². The average molecular weight is 422 g/mol. The molecule has 3 aromatic heterocycles. The predicted molar refractivity (Wildman–Crippen MR) is 121 cm³/mol. The third-order valence-electron chi connectivity index (χ3n) is 7.24. The maximum absolute atomic E-state index is 12.2. The maximum Gasteiger partial charge on any atom is 0.252 e. The molecule has 3 aromatic rings. The Morgan fingerprint density at radius 2 is 2.06 bits per heavy atom. The lowest BCUT2D eigenvalue weighted by molar-refractivity contribution is 0.100. The van der Waals surface area contributed by atoms with Crippen molar-refractivity contribution in [2.45, 2.75) is 32.7 Å². The number of nitrogens with one attached hydrogen (secondary N) is 1. The van der Waals surface area contributed by atoms with Crippen LogP contribution >= 0.6 is 0 Å². The number of fused-ring (bicyclic) bond motifs is 2. The molecule has 164 valence electrons. The summed E-state index contributed by atoms with van der Waals surface area (Å²) in [6, 6.07) is 2.38. The Hall–Kier alpha value is -2.87. The summed E-state index contributed by atoms with van der Waals surface area (Å²) in [6.45, 7) is 8.16. The number of nitrogens with two attached hydrogens (primary N) is 1. The minimum Gasteiger partial charge on any atom is -0.380 e. The standard InChI is InChI=1S/C23H31N7O/c1-4-5-29-11-16-6-20(14(2)19(16)13-29)27-22-18(23(24)31)9-26-30-12-15(7-21(22)30)17-8-25-28(3)10-17/h7-10,12,14,16,19-20,27H,4-6,11,13H2,1-3H3,(H2,24,31)/t14-,16?,19?,20-/m1/s1. The maximum atomic E-state index is 12.2. The number of carbonyl (C=O) groups excluding carboxylic acids is 1. The number of anilines is 1. The van der Waals surface area contributed by atoms with E-state index in [2.05, 4.69) is 40.3 Å². The molecule has 5 rings (SSSR count). The van der Waals surface area contributed by atoms with Gasteiger partial charge in [0.2, 0.25) is 0 Å². The van der Waals surface area contributed by atoms with Crippen molar-refractivity contribution >= 4 is 17.1 Å². The zero-order chi connectivity index (χ0) is 21.7. The van der Waals surface area contributed by atoms with Crippen LogP contribution in [0.2, 0.25) is 0 Å². The molecule has 31 heavy (non-hydrogen) atoms. The van der Waals surface area contributed by atoms with Gasteiger partial charge in [0, 0.05) is 49.7 Å². The Balaban J connectivity index is 1.47. The molecule has 0 spiro atoms. The second-order valence-corrected chi connectivity index (χ2v) is 9.29. The normalized spacial score (nSPS) is 25.9. The quantitative estimate of drug-likeness (QED) is 0.638. The van der Waals surface area contributed by atoms with Gasteiger partial charge < -0.3 is 16.0 Å². The van der Waals surface area contributed by atoms with E-state index in [9.17, 15) is 4.79 Å². The van der Waals surface area contributed by atoms with E-state index >= 15 is 0 Å². The molecule has 0 radical (unpaired) electrons. The Bertz CT molecular complexity index is 1120. The summed E-state index contributed by atoms with van der Waals surface area (Å²) in [5, 5.41) is 12.4. The molecule has 2 aliphatic rings. The van der Waals surface area contributed by atoms with Gasteiger partial charge in [0.1, 0.15) is 0 Å². The minimum atomic E-state index is -0.457. The van der Waals surface area contributed by atoms with Crippen molar-refractivity contribution in [3.8, 4) is 11.1 Å². The fourth-order valence-corrected chi connectivity index (χ4v) is 5.67. The highest BCUT2D eigenvalue weighted by Gasteiger charge is 2.45. The van der Waals surface area contributed by atoms with Crippen LogP contribution in [0.15, 0.2) is 30.9 Å². The first-order valence-electron chi connectivity index (χ1n) is 11.2. The van der Waals surface area contributed by atoms with Gasteiger partial charge in [-0.25, -0.2) is 4.52 Å². The van der Waals surface area contributed by atoms with Gasteiger partial charge in [0.05, 0.1) is 29.2 Å². The van der Waals surface area contributed by atoms with E-state index in [0.29, 0.717) is 29.4 Å². The van der Waals surface area contributed by atoms with Crippen LogP contribution in [0.1, 0.15) is 37.0 Å². The molecule has 2 fully saturated rings. The number of nitrogens with zero attached hydrogens (tertiary/aromatic N) is 5.